The monoisotopic (exact) mass is 364 g/mol. The maximum absolute atomic E-state index is 10.7. The van der Waals surface area contributed by atoms with Gasteiger partial charge < -0.3 is 14.2 Å². The highest BCUT2D eigenvalue weighted by molar-refractivity contribution is 9.10. The summed E-state index contributed by atoms with van der Waals surface area (Å²) in [6.07, 6.45) is 1.51. The van der Waals surface area contributed by atoms with Gasteiger partial charge in [0.15, 0.2) is 11.5 Å². The summed E-state index contributed by atoms with van der Waals surface area (Å²) in [6.45, 7) is 1.05. The molecule has 0 unspecified atom stereocenters. The van der Waals surface area contributed by atoms with Crippen LogP contribution in [0.25, 0.3) is 0 Å². The first kappa shape index (κ1) is 16.4. The van der Waals surface area contributed by atoms with E-state index in [-0.39, 0.29) is 0 Å². The molecule has 0 saturated carbocycles. The Bertz CT molecular complexity index is 628. The number of benzene rings is 2. The van der Waals surface area contributed by atoms with E-state index in [0.717, 1.165) is 22.9 Å². The van der Waals surface area contributed by atoms with Crippen LogP contribution < -0.4 is 14.2 Å². The second kappa shape index (κ2) is 8.44. The van der Waals surface area contributed by atoms with Crippen LogP contribution in [-0.2, 0) is 0 Å². The maximum atomic E-state index is 10.7. The summed E-state index contributed by atoms with van der Waals surface area (Å²) in [5.74, 6) is 1.99. The van der Waals surface area contributed by atoms with Gasteiger partial charge in [0.1, 0.15) is 12.0 Å². The zero-order valence-corrected chi connectivity index (χ0v) is 13.8. The quantitative estimate of drug-likeness (QED) is 0.522. The molecule has 0 bridgehead atoms. The van der Waals surface area contributed by atoms with Gasteiger partial charge in [-0.1, -0.05) is 12.1 Å². The third-order valence-electron chi connectivity index (χ3n) is 2.96. The first-order valence-electron chi connectivity index (χ1n) is 6.88. The SMILES string of the molecule is COc1cc(C=O)ccc1OCCCOc1ccccc1Br. The lowest BCUT2D eigenvalue weighted by atomic mass is 10.2. The Morgan fingerprint density at radius 1 is 1.00 bits per heavy atom. The molecule has 0 aliphatic rings. The number of hydrogen-bond acceptors (Lipinski definition) is 4. The summed E-state index contributed by atoms with van der Waals surface area (Å²) in [4.78, 5) is 10.7. The number of aldehydes is 1. The van der Waals surface area contributed by atoms with Crippen molar-refractivity contribution in [3.05, 3.63) is 52.5 Å². The van der Waals surface area contributed by atoms with Crippen LogP contribution in [0, 0.1) is 0 Å². The summed E-state index contributed by atoms with van der Waals surface area (Å²) >= 11 is 3.43. The lowest BCUT2D eigenvalue weighted by molar-refractivity contribution is 0.112. The third kappa shape index (κ3) is 4.49. The van der Waals surface area contributed by atoms with E-state index in [4.69, 9.17) is 14.2 Å². The Labute approximate surface area is 138 Å². The number of carbonyl (C=O) groups is 1. The molecule has 0 amide bonds. The first-order chi connectivity index (χ1) is 10.7. The smallest absolute Gasteiger partial charge is 0.161 e. The minimum absolute atomic E-state index is 0.501. The molecule has 4 nitrogen and oxygen atoms in total. The van der Waals surface area contributed by atoms with E-state index in [9.17, 15) is 4.79 Å². The molecule has 0 N–H and O–H groups in total. The lowest BCUT2D eigenvalue weighted by Gasteiger charge is -2.12. The van der Waals surface area contributed by atoms with Gasteiger partial charge in [-0.15, -0.1) is 0 Å². The average Bonchev–Trinajstić information content (AvgIpc) is 2.56. The minimum Gasteiger partial charge on any atom is -0.493 e. The fourth-order valence-corrected chi connectivity index (χ4v) is 2.26. The van der Waals surface area contributed by atoms with Crippen LogP contribution >= 0.6 is 15.9 Å². The highest BCUT2D eigenvalue weighted by Crippen LogP contribution is 2.28. The van der Waals surface area contributed by atoms with E-state index >= 15 is 0 Å². The first-order valence-corrected chi connectivity index (χ1v) is 7.67. The van der Waals surface area contributed by atoms with Crippen molar-refractivity contribution in [1.82, 2.24) is 0 Å². The molecule has 2 rings (SSSR count). The van der Waals surface area contributed by atoms with Crippen molar-refractivity contribution in [3.63, 3.8) is 0 Å². The van der Waals surface area contributed by atoms with E-state index in [0.29, 0.717) is 30.3 Å². The molecule has 116 valence electrons. The molecule has 0 atom stereocenters. The molecule has 0 saturated heterocycles. The van der Waals surface area contributed by atoms with E-state index in [1.165, 1.54) is 0 Å². The van der Waals surface area contributed by atoms with Crippen LogP contribution in [0.4, 0.5) is 0 Å². The number of ether oxygens (including phenoxy) is 3. The zero-order chi connectivity index (χ0) is 15.8. The van der Waals surface area contributed by atoms with Crippen molar-refractivity contribution in [2.75, 3.05) is 20.3 Å². The number of para-hydroxylation sites is 1. The zero-order valence-electron chi connectivity index (χ0n) is 12.3. The van der Waals surface area contributed by atoms with E-state index < -0.39 is 0 Å². The minimum atomic E-state index is 0.501. The number of carbonyl (C=O) groups excluding carboxylic acids is 1. The molecule has 0 aliphatic heterocycles. The summed E-state index contributed by atoms with van der Waals surface area (Å²) in [6, 6.07) is 12.8. The van der Waals surface area contributed by atoms with Crippen LogP contribution in [0.1, 0.15) is 16.8 Å². The van der Waals surface area contributed by atoms with Gasteiger partial charge in [-0.2, -0.15) is 0 Å². The highest BCUT2D eigenvalue weighted by Gasteiger charge is 2.05. The maximum Gasteiger partial charge on any atom is 0.161 e. The molecule has 0 aromatic heterocycles. The second-order valence-corrected chi connectivity index (χ2v) is 5.36. The van der Waals surface area contributed by atoms with Crippen LogP contribution in [0.15, 0.2) is 46.9 Å². The molecule has 5 heteroatoms. The summed E-state index contributed by atoms with van der Waals surface area (Å²) in [5, 5.41) is 0. The molecule has 0 fully saturated rings. The van der Waals surface area contributed by atoms with Crippen molar-refractivity contribution >= 4 is 22.2 Å². The molecule has 0 aliphatic carbocycles. The topological polar surface area (TPSA) is 44.8 Å². The van der Waals surface area contributed by atoms with E-state index in [1.807, 2.05) is 24.3 Å². The Hall–Kier alpha value is -2.01. The largest absolute Gasteiger partial charge is 0.493 e. The number of rotatable bonds is 8. The van der Waals surface area contributed by atoms with Crippen molar-refractivity contribution in [2.24, 2.45) is 0 Å². The van der Waals surface area contributed by atoms with Crippen LogP contribution in [0.2, 0.25) is 0 Å². The molecule has 22 heavy (non-hydrogen) atoms. The molecule has 0 heterocycles. The molecular formula is C17H17BrO4. The van der Waals surface area contributed by atoms with Crippen molar-refractivity contribution < 1.29 is 19.0 Å². The molecule has 0 radical (unpaired) electrons. The average molecular weight is 365 g/mol. The van der Waals surface area contributed by atoms with Crippen molar-refractivity contribution in [1.29, 1.82) is 0 Å². The fourth-order valence-electron chi connectivity index (χ4n) is 1.86. The number of methoxy groups -OCH3 is 1. The van der Waals surface area contributed by atoms with Gasteiger partial charge in [-0.05, 0) is 46.3 Å². The van der Waals surface area contributed by atoms with Gasteiger partial charge in [0.2, 0.25) is 0 Å². The fraction of sp³-hybridized carbons (Fsp3) is 0.235. The van der Waals surface area contributed by atoms with Gasteiger partial charge in [0.05, 0.1) is 24.8 Å². The van der Waals surface area contributed by atoms with Gasteiger partial charge in [0.25, 0.3) is 0 Å². The number of halogens is 1. The van der Waals surface area contributed by atoms with Crippen molar-refractivity contribution in [3.8, 4) is 17.2 Å². The van der Waals surface area contributed by atoms with E-state index in [2.05, 4.69) is 15.9 Å². The number of hydrogen-bond donors (Lipinski definition) is 0. The predicted molar refractivity (Wildman–Crippen MR) is 88.1 cm³/mol. The van der Waals surface area contributed by atoms with Crippen molar-refractivity contribution in [2.45, 2.75) is 6.42 Å². The molecule has 0 spiro atoms. The predicted octanol–water partition coefficient (Wildman–Crippen LogP) is 4.12. The Morgan fingerprint density at radius 2 is 1.73 bits per heavy atom. The van der Waals surface area contributed by atoms with Gasteiger partial charge in [-0.25, -0.2) is 0 Å². The van der Waals surface area contributed by atoms with Gasteiger partial charge in [-0.3, -0.25) is 4.79 Å². The van der Waals surface area contributed by atoms with Crippen LogP contribution in [-0.4, -0.2) is 26.6 Å². The third-order valence-corrected chi connectivity index (χ3v) is 3.62. The van der Waals surface area contributed by atoms with Gasteiger partial charge in [0, 0.05) is 12.0 Å². The lowest BCUT2D eigenvalue weighted by Crippen LogP contribution is -2.06. The normalized spacial score (nSPS) is 10.1. The summed E-state index contributed by atoms with van der Waals surface area (Å²) < 4.78 is 17.5. The Morgan fingerprint density at radius 3 is 2.41 bits per heavy atom. The molecule has 2 aromatic rings. The Balaban J connectivity index is 1.79. The Kier molecular flexibility index (Phi) is 6.27. The second-order valence-electron chi connectivity index (χ2n) is 4.51. The summed E-state index contributed by atoms with van der Waals surface area (Å²) in [5.41, 5.74) is 0.557. The summed E-state index contributed by atoms with van der Waals surface area (Å²) in [7, 11) is 1.55. The van der Waals surface area contributed by atoms with Crippen LogP contribution in [0.5, 0.6) is 17.2 Å². The molecule has 2 aromatic carbocycles. The molecular weight excluding hydrogens is 348 g/mol. The highest BCUT2D eigenvalue weighted by atomic mass is 79.9. The standard InChI is InChI=1S/C17H17BrO4/c1-20-17-11-13(12-19)7-8-16(17)22-10-4-9-21-15-6-3-2-5-14(15)18/h2-3,5-8,11-12H,4,9-10H2,1H3. The van der Waals surface area contributed by atoms with Crippen LogP contribution in [0.3, 0.4) is 0 Å². The van der Waals surface area contributed by atoms with E-state index in [1.54, 1.807) is 25.3 Å². The van der Waals surface area contributed by atoms with Gasteiger partial charge >= 0.3 is 0 Å².